The minimum Gasteiger partial charge on any atom is -0.406 e. The molecule has 136 valence electrons. The molecule has 1 aromatic carbocycles. The maximum absolute atomic E-state index is 12.1. The van der Waals surface area contributed by atoms with E-state index in [1.807, 2.05) is 12.3 Å². The van der Waals surface area contributed by atoms with E-state index in [-0.39, 0.29) is 23.5 Å². The predicted octanol–water partition coefficient (Wildman–Crippen LogP) is 4.46. The molecule has 0 saturated carbocycles. The van der Waals surface area contributed by atoms with Crippen molar-refractivity contribution in [3.8, 4) is 5.75 Å². The lowest BCUT2D eigenvalue weighted by atomic mass is 10.1. The van der Waals surface area contributed by atoms with Gasteiger partial charge in [-0.2, -0.15) is 0 Å². The van der Waals surface area contributed by atoms with Gasteiger partial charge in [-0.15, -0.1) is 36.3 Å². The molecule has 1 heterocycles. The molecule has 0 aliphatic heterocycles. The van der Waals surface area contributed by atoms with Gasteiger partial charge < -0.3 is 10.1 Å². The minimum absolute atomic E-state index is 0.139. The second-order valence-corrected chi connectivity index (χ2v) is 7.30. The molecule has 2 aromatic rings. The second kappa shape index (κ2) is 8.57. The highest BCUT2D eigenvalue weighted by atomic mass is 32.2. The van der Waals surface area contributed by atoms with Crippen molar-refractivity contribution in [2.75, 3.05) is 5.75 Å². The average molecular weight is 390 g/mol. The van der Waals surface area contributed by atoms with Crippen LogP contribution in [0.5, 0.6) is 5.75 Å². The van der Waals surface area contributed by atoms with Crippen LogP contribution in [0.25, 0.3) is 0 Å². The highest BCUT2D eigenvalue weighted by Crippen LogP contribution is 2.24. The van der Waals surface area contributed by atoms with Crippen molar-refractivity contribution in [3.63, 3.8) is 0 Å². The smallest absolute Gasteiger partial charge is 0.406 e. The van der Waals surface area contributed by atoms with E-state index in [0.717, 1.165) is 10.7 Å². The number of ether oxygens (including phenoxy) is 1. The number of nitrogens with one attached hydrogen (secondary N) is 1. The van der Waals surface area contributed by atoms with Gasteiger partial charge in [0.2, 0.25) is 5.91 Å². The van der Waals surface area contributed by atoms with Crippen molar-refractivity contribution < 1.29 is 22.7 Å². The highest BCUT2D eigenvalue weighted by Gasteiger charge is 2.31. The summed E-state index contributed by atoms with van der Waals surface area (Å²) in [6, 6.07) is 5.14. The Hall–Kier alpha value is -1.74. The van der Waals surface area contributed by atoms with Crippen LogP contribution in [0.2, 0.25) is 0 Å². The van der Waals surface area contributed by atoms with Crippen LogP contribution in [0.4, 0.5) is 13.2 Å². The van der Waals surface area contributed by atoms with Gasteiger partial charge in [0, 0.05) is 11.1 Å². The second-order valence-electron chi connectivity index (χ2n) is 5.26. The summed E-state index contributed by atoms with van der Waals surface area (Å²) in [5, 5.41) is 5.77. The van der Waals surface area contributed by atoms with Crippen molar-refractivity contribution >= 4 is 29.0 Å². The molecule has 0 saturated heterocycles. The number of thiazole rings is 1. The molecule has 4 nitrogen and oxygen atoms in total. The molecular weight excluding hydrogens is 373 g/mol. The Bertz CT molecular complexity index is 702. The number of amides is 1. The van der Waals surface area contributed by atoms with Crippen LogP contribution >= 0.6 is 23.1 Å². The van der Waals surface area contributed by atoms with E-state index in [0.29, 0.717) is 11.3 Å². The predicted molar refractivity (Wildman–Crippen MR) is 92.7 cm³/mol. The summed E-state index contributed by atoms with van der Waals surface area (Å²) < 4.78 is 40.2. The van der Waals surface area contributed by atoms with E-state index >= 15 is 0 Å². The number of halogens is 3. The van der Waals surface area contributed by atoms with Gasteiger partial charge in [0.1, 0.15) is 5.75 Å². The van der Waals surface area contributed by atoms with Gasteiger partial charge in [-0.1, -0.05) is 12.1 Å². The molecule has 0 spiro atoms. The Morgan fingerprint density at radius 1 is 1.36 bits per heavy atom. The zero-order valence-electron chi connectivity index (χ0n) is 13.6. The molecule has 0 unspecified atom stereocenters. The van der Waals surface area contributed by atoms with E-state index in [4.69, 9.17) is 0 Å². The summed E-state index contributed by atoms with van der Waals surface area (Å²) in [7, 11) is 0. The number of carbonyl (C=O) groups is 1. The molecule has 0 aliphatic carbocycles. The zero-order chi connectivity index (χ0) is 18.4. The van der Waals surface area contributed by atoms with Crippen LogP contribution in [-0.2, 0) is 10.5 Å². The van der Waals surface area contributed by atoms with E-state index in [1.54, 1.807) is 18.3 Å². The molecule has 9 heteroatoms. The third-order valence-electron chi connectivity index (χ3n) is 3.14. The minimum atomic E-state index is -4.71. The summed E-state index contributed by atoms with van der Waals surface area (Å²) >= 11 is 3.03. The van der Waals surface area contributed by atoms with Gasteiger partial charge >= 0.3 is 6.36 Å². The average Bonchev–Trinajstić information content (AvgIpc) is 2.91. The number of aromatic nitrogens is 1. The van der Waals surface area contributed by atoms with Crippen LogP contribution in [0.3, 0.4) is 0 Å². The number of carbonyl (C=O) groups excluding carboxylic acids is 1. The van der Waals surface area contributed by atoms with Gasteiger partial charge in [-0.05, 0) is 31.5 Å². The first-order valence-electron chi connectivity index (χ1n) is 7.37. The molecule has 0 aliphatic rings. The summed E-state index contributed by atoms with van der Waals surface area (Å²) in [5.74, 6) is 0.523. The number of nitrogens with zero attached hydrogens (tertiary/aromatic N) is 1. The number of alkyl halides is 3. The number of benzene rings is 1. The van der Waals surface area contributed by atoms with Gasteiger partial charge in [-0.25, -0.2) is 4.98 Å². The summed E-state index contributed by atoms with van der Waals surface area (Å²) in [6.07, 6.45) is -4.71. The summed E-state index contributed by atoms with van der Waals surface area (Å²) in [6.45, 7) is 3.70. The summed E-state index contributed by atoms with van der Waals surface area (Å²) in [5.41, 5.74) is 1.65. The molecule has 1 aromatic heterocycles. The van der Waals surface area contributed by atoms with Gasteiger partial charge in [0.05, 0.1) is 22.5 Å². The van der Waals surface area contributed by atoms with Crippen molar-refractivity contribution in [3.05, 3.63) is 45.9 Å². The fourth-order valence-electron chi connectivity index (χ4n) is 2.05. The molecule has 1 N–H and O–H groups in total. The standard InChI is InChI=1S/C16H17F3N2O2S2/c1-10(12-3-5-14(6-4-12)23-16(17,18)19)20-15(22)9-24-7-13-8-25-11(2)21-13/h3-6,8,10H,7,9H2,1-2H3,(H,20,22)/t10-/m0/s1. The van der Waals surface area contributed by atoms with E-state index in [1.165, 1.54) is 36.0 Å². The first-order chi connectivity index (χ1) is 11.7. The fourth-order valence-corrected chi connectivity index (χ4v) is 3.49. The molecular formula is C16H17F3N2O2S2. The first kappa shape index (κ1) is 19.6. The monoisotopic (exact) mass is 390 g/mol. The molecule has 1 amide bonds. The normalized spacial score (nSPS) is 12.7. The lowest BCUT2D eigenvalue weighted by Gasteiger charge is -2.15. The lowest BCUT2D eigenvalue weighted by molar-refractivity contribution is -0.274. The Labute approximate surface area is 151 Å². The van der Waals surface area contributed by atoms with Crippen LogP contribution in [0.1, 0.15) is 29.2 Å². The third kappa shape index (κ3) is 6.95. The highest BCUT2D eigenvalue weighted by molar-refractivity contribution is 7.99. The SMILES string of the molecule is Cc1nc(CSCC(=O)N[C@@H](C)c2ccc(OC(F)(F)F)cc2)cs1. The molecule has 0 bridgehead atoms. The van der Waals surface area contributed by atoms with Crippen molar-refractivity contribution in [1.82, 2.24) is 10.3 Å². The summed E-state index contributed by atoms with van der Waals surface area (Å²) in [4.78, 5) is 16.3. The Balaban J connectivity index is 1.78. The Morgan fingerprint density at radius 2 is 2.04 bits per heavy atom. The quantitative estimate of drug-likeness (QED) is 0.758. The van der Waals surface area contributed by atoms with Crippen LogP contribution in [0.15, 0.2) is 29.6 Å². The third-order valence-corrected chi connectivity index (χ3v) is 4.93. The van der Waals surface area contributed by atoms with E-state index < -0.39 is 6.36 Å². The molecule has 0 fully saturated rings. The first-order valence-corrected chi connectivity index (χ1v) is 9.40. The van der Waals surface area contributed by atoms with Crippen molar-refractivity contribution in [1.29, 1.82) is 0 Å². The molecule has 25 heavy (non-hydrogen) atoms. The van der Waals surface area contributed by atoms with Crippen molar-refractivity contribution in [2.24, 2.45) is 0 Å². The van der Waals surface area contributed by atoms with Crippen LogP contribution in [0, 0.1) is 6.92 Å². The molecule has 0 radical (unpaired) electrons. The Morgan fingerprint density at radius 3 is 2.60 bits per heavy atom. The maximum Gasteiger partial charge on any atom is 0.573 e. The fraction of sp³-hybridized carbons (Fsp3) is 0.375. The van der Waals surface area contributed by atoms with Crippen LogP contribution in [-0.4, -0.2) is 23.0 Å². The van der Waals surface area contributed by atoms with Gasteiger partial charge in [-0.3, -0.25) is 4.79 Å². The number of hydrogen-bond acceptors (Lipinski definition) is 5. The van der Waals surface area contributed by atoms with Gasteiger partial charge in [0.25, 0.3) is 0 Å². The van der Waals surface area contributed by atoms with Crippen molar-refractivity contribution in [2.45, 2.75) is 32.0 Å². The lowest BCUT2D eigenvalue weighted by Crippen LogP contribution is -2.28. The van der Waals surface area contributed by atoms with E-state index in [9.17, 15) is 18.0 Å². The Kier molecular flexibility index (Phi) is 6.71. The largest absolute Gasteiger partial charge is 0.573 e. The van der Waals surface area contributed by atoms with E-state index in [2.05, 4.69) is 15.0 Å². The number of thioether (sulfide) groups is 1. The van der Waals surface area contributed by atoms with Crippen LogP contribution < -0.4 is 10.1 Å². The maximum atomic E-state index is 12.1. The topological polar surface area (TPSA) is 51.2 Å². The molecule has 1 atom stereocenters. The molecule has 2 rings (SSSR count). The zero-order valence-corrected chi connectivity index (χ0v) is 15.2. The number of hydrogen-bond donors (Lipinski definition) is 1. The number of rotatable bonds is 7. The van der Waals surface area contributed by atoms with Gasteiger partial charge in [0.15, 0.2) is 0 Å². The number of aryl methyl sites for hydroxylation is 1.